The molecule has 1 rings (SSSR count). The van der Waals surface area contributed by atoms with E-state index in [9.17, 15) is 4.79 Å². The van der Waals surface area contributed by atoms with Crippen molar-refractivity contribution in [3.63, 3.8) is 0 Å². The molecule has 0 aliphatic heterocycles. The Morgan fingerprint density at radius 3 is 2.57 bits per heavy atom. The zero-order chi connectivity index (χ0) is 10.9. The second-order valence-corrected chi connectivity index (χ2v) is 4.86. The van der Waals surface area contributed by atoms with Crippen molar-refractivity contribution < 1.29 is 4.79 Å². The summed E-state index contributed by atoms with van der Waals surface area (Å²) in [5, 5.41) is 0. The molecule has 0 aromatic carbocycles. The Bertz CT molecular complexity index is 287. The molecule has 0 spiro atoms. The maximum atomic E-state index is 11.5. The number of hydrogen-bond donors (Lipinski definition) is 0. The molecule has 78 valence electrons. The van der Waals surface area contributed by atoms with Gasteiger partial charge in [-0.2, -0.15) is 0 Å². The Morgan fingerprint density at radius 2 is 2.07 bits per heavy atom. The van der Waals surface area contributed by atoms with E-state index in [1.165, 1.54) is 0 Å². The number of carbonyl (C=O) groups excluding carboxylic acids is 1. The van der Waals surface area contributed by atoms with Crippen LogP contribution in [0.5, 0.6) is 0 Å². The van der Waals surface area contributed by atoms with Crippen molar-refractivity contribution in [2.45, 2.75) is 13.8 Å². The number of hydrogen-bond acceptors (Lipinski definition) is 2. The molecule has 0 saturated heterocycles. The average molecular weight is 193 g/mol. The van der Waals surface area contributed by atoms with Crippen LogP contribution in [0.4, 0.5) is 0 Å². The second kappa shape index (κ2) is 3.70. The highest BCUT2D eigenvalue weighted by molar-refractivity contribution is 6.05. The fraction of sp³-hybridized carbons (Fsp3) is 0.583. The van der Waals surface area contributed by atoms with Crippen LogP contribution in [-0.4, -0.2) is 31.3 Å². The van der Waals surface area contributed by atoms with Gasteiger partial charge in [-0.25, -0.2) is 0 Å². The van der Waals surface area contributed by atoms with E-state index < -0.39 is 0 Å². The Labute approximate surface area is 86.3 Å². The summed E-state index contributed by atoms with van der Waals surface area (Å²) in [4.78, 5) is 13.6. The molecule has 2 nitrogen and oxygen atoms in total. The minimum Gasteiger partial charge on any atom is -0.309 e. The van der Waals surface area contributed by atoms with Gasteiger partial charge in [-0.1, -0.05) is 26.5 Å². The Kier molecular flexibility index (Phi) is 2.95. The van der Waals surface area contributed by atoms with Gasteiger partial charge in [0.15, 0.2) is 5.78 Å². The lowest BCUT2D eigenvalue weighted by Gasteiger charge is -2.37. The highest BCUT2D eigenvalue weighted by Gasteiger charge is 2.34. The lowest BCUT2D eigenvalue weighted by Crippen LogP contribution is -2.37. The van der Waals surface area contributed by atoms with E-state index in [2.05, 4.69) is 25.3 Å². The third kappa shape index (κ3) is 2.13. The van der Waals surface area contributed by atoms with Crippen molar-refractivity contribution in [2.24, 2.45) is 11.3 Å². The van der Waals surface area contributed by atoms with E-state index in [4.69, 9.17) is 0 Å². The fourth-order valence-corrected chi connectivity index (χ4v) is 1.85. The van der Waals surface area contributed by atoms with Gasteiger partial charge in [-0.3, -0.25) is 4.79 Å². The predicted octanol–water partition coefficient (Wildman–Crippen LogP) is 1.89. The summed E-state index contributed by atoms with van der Waals surface area (Å²) in [7, 11) is 4.04. The fourth-order valence-electron chi connectivity index (χ4n) is 1.85. The van der Waals surface area contributed by atoms with Gasteiger partial charge in [-0.15, -0.1) is 0 Å². The van der Waals surface area contributed by atoms with Crippen molar-refractivity contribution in [3.8, 4) is 0 Å². The SMILES string of the molecule is C=C1C(=O)C=CC(C)(C)C1CN(C)C. The molecule has 0 aromatic heterocycles. The molecule has 14 heavy (non-hydrogen) atoms. The van der Waals surface area contributed by atoms with E-state index in [1.807, 2.05) is 20.2 Å². The van der Waals surface area contributed by atoms with E-state index in [0.717, 1.165) is 12.1 Å². The quantitative estimate of drug-likeness (QED) is 0.624. The summed E-state index contributed by atoms with van der Waals surface area (Å²) in [6, 6.07) is 0. The summed E-state index contributed by atoms with van der Waals surface area (Å²) in [6.45, 7) is 9.07. The lowest BCUT2D eigenvalue weighted by molar-refractivity contribution is -0.112. The van der Waals surface area contributed by atoms with Crippen LogP contribution >= 0.6 is 0 Å². The molecule has 0 bridgehead atoms. The molecule has 1 atom stereocenters. The summed E-state index contributed by atoms with van der Waals surface area (Å²) in [5.41, 5.74) is 0.779. The number of nitrogens with zero attached hydrogens (tertiary/aromatic N) is 1. The van der Waals surface area contributed by atoms with Gasteiger partial charge in [0.2, 0.25) is 0 Å². The smallest absolute Gasteiger partial charge is 0.181 e. The molecule has 0 aromatic rings. The standard InChI is InChI=1S/C12H19NO/c1-9-10(8-13(4)5)12(2,3)7-6-11(9)14/h6-7,10H,1,8H2,2-5H3. The molecule has 0 saturated carbocycles. The number of carbonyl (C=O) groups is 1. The number of rotatable bonds is 2. The molecule has 0 fully saturated rings. The van der Waals surface area contributed by atoms with Crippen LogP contribution in [0.15, 0.2) is 24.3 Å². The van der Waals surface area contributed by atoms with Crippen molar-refractivity contribution >= 4 is 5.78 Å². The van der Waals surface area contributed by atoms with Gasteiger partial charge in [-0.05, 0) is 31.2 Å². The molecule has 1 aliphatic rings. The first kappa shape index (κ1) is 11.2. The van der Waals surface area contributed by atoms with Crippen LogP contribution in [0, 0.1) is 11.3 Å². The molecule has 0 amide bonds. The van der Waals surface area contributed by atoms with E-state index >= 15 is 0 Å². The third-order valence-electron chi connectivity index (χ3n) is 2.85. The zero-order valence-electron chi connectivity index (χ0n) is 9.50. The minimum atomic E-state index is 0.0370. The molecule has 0 N–H and O–H groups in total. The number of allylic oxidation sites excluding steroid dienone is 2. The molecular formula is C12H19NO. The Morgan fingerprint density at radius 1 is 1.50 bits per heavy atom. The summed E-state index contributed by atoms with van der Waals surface area (Å²) in [5.74, 6) is 0.311. The van der Waals surface area contributed by atoms with Gasteiger partial charge in [0.25, 0.3) is 0 Å². The maximum Gasteiger partial charge on any atom is 0.181 e. The predicted molar refractivity (Wildman–Crippen MR) is 59.1 cm³/mol. The lowest BCUT2D eigenvalue weighted by atomic mass is 9.70. The van der Waals surface area contributed by atoms with E-state index in [0.29, 0.717) is 0 Å². The van der Waals surface area contributed by atoms with Crippen LogP contribution in [0.3, 0.4) is 0 Å². The van der Waals surface area contributed by atoms with Gasteiger partial charge in [0.1, 0.15) is 0 Å². The van der Waals surface area contributed by atoms with Gasteiger partial charge < -0.3 is 4.90 Å². The van der Waals surface area contributed by atoms with Gasteiger partial charge in [0, 0.05) is 12.5 Å². The van der Waals surface area contributed by atoms with Gasteiger partial charge in [0.05, 0.1) is 0 Å². The van der Waals surface area contributed by atoms with Crippen LogP contribution in [0.25, 0.3) is 0 Å². The largest absolute Gasteiger partial charge is 0.309 e. The van der Waals surface area contributed by atoms with Crippen LogP contribution in [-0.2, 0) is 4.79 Å². The normalized spacial score (nSPS) is 25.9. The molecule has 1 unspecified atom stereocenters. The summed E-state index contributed by atoms with van der Waals surface area (Å²) >= 11 is 0. The van der Waals surface area contributed by atoms with Crippen molar-refractivity contribution in [1.82, 2.24) is 4.90 Å². The van der Waals surface area contributed by atoms with E-state index in [1.54, 1.807) is 6.08 Å². The topological polar surface area (TPSA) is 20.3 Å². The molecule has 2 heteroatoms. The van der Waals surface area contributed by atoms with Crippen molar-refractivity contribution in [3.05, 3.63) is 24.3 Å². The Balaban J connectivity index is 2.94. The molecule has 0 heterocycles. The zero-order valence-corrected chi connectivity index (χ0v) is 9.50. The first-order chi connectivity index (χ1) is 6.34. The Hall–Kier alpha value is -0.890. The summed E-state index contributed by atoms with van der Waals surface area (Å²) in [6.07, 6.45) is 3.65. The highest BCUT2D eigenvalue weighted by atomic mass is 16.1. The van der Waals surface area contributed by atoms with Crippen molar-refractivity contribution in [2.75, 3.05) is 20.6 Å². The average Bonchev–Trinajstić information content (AvgIpc) is 2.06. The summed E-state index contributed by atoms with van der Waals surface area (Å²) < 4.78 is 0. The van der Waals surface area contributed by atoms with Crippen LogP contribution in [0.1, 0.15) is 13.8 Å². The minimum absolute atomic E-state index is 0.0370. The van der Waals surface area contributed by atoms with Crippen LogP contribution in [0.2, 0.25) is 0 Å². The molecule has 1 aliphatic carbocycles. The number of ketones is 1. The van der Waals surface area contributed by atoms with Crippen LogP contribution < -0.4 is 0 Å². The van der Waals surface area contributed by atoms with E-state index in [-0.39, 0.29) is 17.1 Å². The first-order valence-corrected chi connectivity index (χ1v) is 4.91. The second-order valence-electron chi connectivity index (χ2n) is 4.86. The monoisotopic (exact) mass is 193 g/mol. The van der Waals surface area contributed by atoms with Gasteiger partial charge >= 0.3 is 0 Å². The highest BCUT2D eigenvalue weighted by Crippen LogP contribution is 2.37. The maximum absolute atomic E-state index is 11.5. The first-order valence-electron chi connectivity index (χ1n) is 4.91. The molecular weight excluding hydrogens is 174 g/mol. The third-order valence-corrected chi connectivity index (χ3v) is 2.85. The molecule has 0 radical (unpaired) electrons. The van der Waals surface area contributed by atoms with Crippen molar-refractivity contribution in [1.29, 1.82) is 0 Å².